The molecule has 0 bridgehead atoms. The maximum absolute atomic E-state index is 11.7. The molecule has 1 aliphatic heterocycles. The number of amides is 1. The fourth-order valence-corrected chi connectivity index (χ4v) is 3.74. The van der Waals surface area contributed by atoms with E-state index in [9.17, 15) is 9.90 Å². The van der Waals surface area contributed by atoms with Crippen molar-refractivity contribution in [2.24, 2.45) is 5.41 Å². The standard InChI is InChI=1S/C24H47NO4/c1-2-3-4-5-6-7-8-9-10-11-12-13-14-15-16-17-18-25-23(27)29-22-24(19-26)20-28-21-24/h26H,2-22H2,1H3,(H,25,27). The van der Waals surface area contributed by atoms with Gasteiger partial charge in [-0.15, -0.1) is 0 Å². The van der Waals surface area contributed by atoms with Crippen LogP contribution in [-0.2, 0) is 9.47 Å². The van der Waals surface area contributed by atoms with E-state index in [1.807, 2.05) is 0 Å². The molecule has 0 radical (unpaired) electrons. The highest BCUT2D eigenvalue weighted by Crippen LogP contribution is 2.26. The largest absolute Gasteiger partial charge is 0.449 e. The van der Waals surface area contributed by atoms with Crippen LogP contribution in [-0.4, -0.2) is 44.2 Å². The first kappa shape index (κ1) is 26.2. The number of unbranched alkanes of at least 4 members (excludes halogenated alkanes) is 15. The van der Waals surface area contributed by atoms with Crippen molar-refractivity contribution in [3.63, 3.8) is 0 Å². The molecule has 1 heterocycles. The number of carbonyl (C=O) groups is 1. The molecule has 1 rings (SSSR count). The molecule has 0 aromatic carbocycles. The highest BCUT2D eigenvalue weighted by molar-refractivity contribution is 5.67. The fourth-order valence-electron chi connectivity index (χ4n) is 3.74. The molecule has 0 saturated carbocycles. The Kier molecular flexibility index (Phi) is 16.3. The van der Waals surface area contributed by atoms with Crippen LogP contribution >= 0.6 is 0 Å². The average molecular weight is 414 g/mol. The van der Waals surface area contributed by atoms with Crippen molar-refractivity contribution in [2.75, 3.05) is 33.0 Å². The summed E-state index contributed by atoms with van der Waals surface area (Å²) in [5.41, 5.74) is -0.369. The Labute approximate surface area is 179 Å². The maximum atomic E-state index is 11.7. The highest BCUT2D eigenvalue weighted by Gasteiger charge is 2.39. The Morgan fingerprint density at radius 1 is 0.828 bits per heavy atom. The lowest BCUT2D eigenvalue weighted by molar-refractivity contribution is -0.158. The van der Waals surface area contributed by atoms with E-state index in [0.717, 1.165) is 12.8 Å². The summed E-state index contributed by atoms with van der Waals surface area (Å²) >= 11 is 0. The van der Waals surface area contributed by atoms with Crippen molar-refractivity contribution in [3.05, 3.63) is 0 Å². The van der Waals surface area contributed by atoms with Gasteiger partial charge in [-0.2, -0.15) is 0 Å². The summed E-state index contributed by atoms with van der Waals surface area (Å²) in [4.78, 5) is 11.7. The molecule has 0 spiro atoms. The van der Waals surface area contributed by atoms with Crippen molar-refractivity contribution in [2.45, 2.75) is 110 Å². The third-order valence-corrected chi connectivity index (χ3v) is 5.96. The van der Waals surface area contributed by atoms with Gasteiger partial charge in [-0.05, 0) is 6.42 Å². The second-order valence-corrected chi connectivity index (χ2v) is 8.96. The normalized spacial score (nSPS) is 15.1. The summed E-state index contributed by atoms with van der Waals surface area (Å²) < 4.78 is 10.3. The monoisotopic (exact) mass is 413 g/mol. The Morgan fingerprint density at radius 3 is 1.66 bits per heavy atom. The topological polar surface area (TPSA) is 67.8 Å². The highest BCUT2D eigenvalue weighted by atomic mass is 16.6. The zero-order chi connectivity index (χ0) is 21.0. The molecule has 29 heavy (non-hydrogen) atoms. The van der Waals surface area contributed by atoms with Crippen molar-refractivity contribution in [1.82, 2.24) is 5.32 Å². The predicted molar refractivity (Wildman–Crippen MR) is 119 cm³/mol. The summed E-state index contributed by atoms with van der Waals surface area (Å²) in [5.74, 6) is 0. The molecule has 1 aliphatic rings. The Morgan fingerprint density at radius 2 is 1.28 bits per heavy atom. The zero-order valence-electron chi connectivity index (χ0n) is 19.0. The van der Waals surface area contributed by atoms with Crippen molar-refractivity contribution in [3.8, 4) is 0 Å². The van der Waals surface area contributed by atoms with Gasteiger partial charge in [0, 0.05) is 6.54 Å². The molecule has 1 saturated heterocycles. The minimum absolute atomic E-state index is 0.000590. The lowest BCUT2D eigenvalue weighted by Crippen LogP contribution is -2.50. The van der Waals surface area contributed by atoms with E-state index >= 15 is 0 Å². The minimum atomic E-state index is -0.384. The summed E-state index contributed by atoms with van der Waals surface area (Å²) in [5, 5.41) is 12.1. The van der Waals surface area contributed by atoms with E-state index in [0.29, 0.717) is 19.8 Å². The average Bonchev–Trinajstić information content (AvgIpc) is 2.70. The molecule has 1 amide bonds. The van der Waals surface area contributed by atoms with Crippen LogP contribution in [0.15, 0.2) is 0 Å². The minimum Gasteiger partial charge on any atom is -0.449 e. The molecule has 5 heteroatoms. The van der Waals surface area contributed by atoms with E-state index in [1.54, 1.807) is 0 Å². The molecule has 172 valence electrons. The number of aliphatic hydroxyl groups excluding tert-OH is 1. The van der Waals surface area contributed by atoms with E-state index in [4.69, 9.17) is 9.47 Å². The van der Waals surface area contributed by atoms with Gasteiger partial charge in [-0.3, -0.25) is 0 Å². The van der Waals surface area contributed by atoms with Gasteiger partial charge in [0.25, 0.3) is 0 Å². The Balaban J connectivity index is 1.73. The lowest BCUT2D eigenvalue weighted by atomic mass is 9.88. The van der Waals surface area contributed by atoms with E-state index in [2.05, 4.69) is 12.2 Å². The second kappa shape index (κ2) is 18.0. The van der Waals surface area contributed by atoms with Crippen LogP contribution in [0.4, 0.5) is 4.79 Å². The van der Waals surface area contributed by atoms with Gasteiger partial charge in [-0.1, -0.05) is 103 Å². The molecular weight excluding hydrogens is 366 g/mol. The lowest BCUT2D eigenvalue weighted by Gasteiger charge is -2.38. The van der Waals surface area contributed by atoms with Crippen molar-refractivity contribution >= 4 is 6.09 Å². The molecular formula is C24H47NO4. The van der Waals surface area contributed by atoms with E-state index < -0.39 is 0 Å². The molecule has 0 aliphatic carbocycles. The number of ether oxygens (including phenoxy) is 2. The summed E-state index contributed by atoms with van der Waals surface area (Å²) in [6.07, 6.45) is 21.2. The maximum Gasteiger partial charge on any atom is 0.407 e. The van der Waals surface area contributed by atoms with Gasteiger partial charge in [-0.25, -0.2) is 4.79 Å². The van der Waals surface area contributed by atoms with Gasteiger partial charge < -0.3 is 19.9 Å². The molecule has 0 unspecified atom stereocenters. The second-order valence-electron chi connectivity index (χ2n) is 8.96. The number of nitrogens with one attached hydrogen (secondary N) is 1. The van der Waals surface area contributed by atoms with Crippen LogP contribution in [0.2, 0.25) is 0 Å². The van der Waals surface area contributed by atoms with Gasteiger partial charge in [0.2, 0.25) is 0 Å². The number of hydrogen-bond donors (Lipinski definition) is 2. The number of rotatable bonds is 20. The SMILES string of the molecule is CCCCCCCCCCCCCCCCCCNC(=O)OCC1(CO)COC1. The van der Waals surface area contributed by atoms with Crippen LogP contribution < -0.4 is 5.32 Å². The molecule has 0 aromatic rings. The van der Waals surface area contributed by atoms with Gasteiger partial charge >= 0.3 is 6.09 Å². The summed E-state index contributed by atoms with van der Waals surface area (Å²) in [6, 6.07) is 0. The van der Waals surface area contributed by atoms with Crippen LogP contribution in [0.5, 0.6) is 0 Å². The van der Waals surface area contributed by atoms with Crippen molar-refractivity contribution in [1.29, 1.82) is 0 Å². The predicted octanol–water partition coefficient (Wildman–Crippen LogP) is 5.98. The van der Waals surface area contributed by atoms with E-state index in [1.165, 1.54) is 89.9 Å². The van der Waals surface area contributed by atoms with Crippen LogP contribution in [0.3, 0.4) is 0 Å². The van der Waals surface area contributed by atoms with Gasteiger partial charge in [0.15, 0.2) is 0 Å². The van der Waals surface area contributed by atoms with E-state index in [-0.39, 0.29) is 24.7 Å². The van der Waals surface area contributed by atoms with Crippen molar-refractivity contribution < 1.29 is 19.4 Å². The summed E-state index contributed by atoms with van der Waals surface area (Å²) in [7, 11) is 0. The first-order valence-electron chi connectivity index (χ1n) is 12.3. The quantitative estimate of drug-likeness (QED) is 0.241. The zero-order valence-corrected chi connectivity index (χ0v) is 19.0. The number of alkyl carbamates (subject to hydrolysis) is 1. The van der Waals surface area contributed by atoms with Crippen LogP contribution in [0, 0.1) is 5.41 Å². The smallest absolute Gasteiger partial charge is 0.407 e. The first-order chi connectivity index (χ1) is 14.2. The number of carbonyl (C=O) groups excluding carboxylic acids is 1. The fraction of sp³-hybridized carbons (Fsp3) is 0.958. The third-order valence-electron chi connectivity index (χ3n) is 5.96. The van der Waals surface area contributed by atoms with Gasteiger partial charge in [0.1, 0.15) is 6.61 Å². The number of hydrogen-bond acceptors (Lipinski definition) is 4. The van der Waals surface area contributed by atoms with Gasteiger partial charge in [0.05, 0.1) is 25.2 Å². The Hall–Kier alpha value is -0.810. The molecule has 0 aromatic heterocycles. The summed E-state index contributed by atoms with van der Waals surface area (Å²) in [6.45, 7) is 4.11. The van der Waals surface area contributed by atoms with Crippen LogP contribution in [0.1, 0.15) is 110 Å². The third kappa shape index (κ3) is 13.9. The number of aliphatic hydroxyl groups is 1. The molecule has 0 atom stereocenters. The molecule has 2 N–H and O–H groups in total. The first-order valence-corrected chi connectivity index (χ1v) is 12.3. The molecule has 1 fully saturated rings. The Bertz CT molecular complexity index is 380. The molecule has 5 nitrogen and oxygen atoms in total. The van der Waals surface area contributed by atoms with Crippen LogP contribution in [0.25, 0.3) is 0 Å².